The molecule has 2 fully saturated rings. The van der Waals surface area contributed by atoms with Crippen molar-refractivity contribution in [3.05, 3.63) is 29.8 Å². The number of piperidine rings is 1. The molecule has 1 aromatic rings. The number of phenolic OH excluding ortho intramolecular Hbond substituents is 1. The summed E-state index contributed by atoms with van der Waals surface area (Å²) in [5.74, 6) is -4.83. The molecule has 2 N–H and O–H groups in total. The van der Waals surface area contributed by atoms with Crippen LogP contribution in [0.3, 0.4) is 0 Å². The number of aromatic hydroxyl groups is 1. The van der Waals surface area contributed by atoms with Gasteiger partial charge in [-0.3, -0.25) is 9.59 Å². The number of esters is 1. The van der Waals surface area contributed by atoms with Gasteiger partial charge in [0.05, 0.1) is 6.10 Å². The first kappa shape index (κ1) is 31.1. The summed E-state index contributed by atoms with van der Waals surface area (Å²) in [4.78, 5) is 41.8. The van der Waals surface area contributed by atoms with Crippen LogP contribution in [0.2, 0.25) is 0 Å². The quantitative estimate of drug-likeness (QED) is 0.325. The van der Waals surface area contributed by atoms with E-state index in [4.69, 9.17) is 9.47 Å². The Kier molecular flexibility index (Phi) is 10.6. The van der Waals surface area contributed by atoms with Crippen molar-refractivity contribution < 1.29 is 34.1 Å². The fraction of sp³-hybridized carbons (Fsp3) is 0.710. The molecule has 2 aliphatic rings. The van der Waals surface area contributed by atoms with Gasteiger partial charge < -0.3 is 24.6 Å². The second-order valence-electron chi connectivity index (χ2n) is 12.1. The Morgan fingerprint density at radius 3 is 2.46 bits per heavy atom. The highest BCUT2D eigenvalue weighted by molar-refractivity contribution is 6.39. The van der Waals surface area contributed by atoms with E-state index in [0.29, 0.717) is 32.1 Å². The SMILES string of the molecule is CCC(Cc1cccc(O)c1)C(OC(=O)C1CCCCN1C(=O)C(=O)C1(O)OC(C(C)C)CCC1C)C(C)C. The molecular weight excluding hydrogens is 498 g/mol. The van der Waals surface area contributed by atoms with E-state index in [9.17, 15) is 24.6 Å². The topological polar surface area (TPSA) is 113 Å². The van der Waals surface area contributed by atoms with Crippen molar-refractivity contribution in [3.8, 4) is 5.75 Å². The molecule has 218 valence electrons. The predicted molar refractivity (Wildman–Crippen MR) is 148 cm³/mol. The summed E-state index contributed by atoms with van der Waals surface area (Å²) in [6.45, 7) is 11.9. The van der Waals surface area contributed by atoms with Crippen LogP contribution < -0.4 is 0 Å². The predicted octanol–water partition coefficient (Wildman–Crippen LogP) is 4.64. The molecule has 39 heavy (non-hydrogen) atoms. The number of rotatable bonds is 10. The number of likely N-dealkylation sites (tertiary alicyclic amines) is 1. The van der Waals surface area contributed by atoms with Gasteiger partial charge in [-0.05, 0) is 80.4 Å². The molecule has 3 rings (SSSR count). The molecule has 1 amide bonds. The van der Waals surface area contributed by atoms with Gasteiger partial charge in [0.25, 0.3) is 11.7 Å². The summed E-state index contributed by atoms with van der Waals surface area (Å²) in [5.41, 5.74) is 0.957. The summed E-state index contributed by atoms with van der Waals surface area (Å²) in [6, 6.07) is 6.19. The minimum atomic E-state index is -2.20. The van der Waals surface area contributed by atoms with Gasteiger partial charge in [0.1, 0.15) is 17.9 Å². The van der Waals surface area contributed by atoms with Crippen molar-refractivity contribution in [2.45, 2.75) is 111 Å². The fourth-order valence-corrected chi connectivity index (χ4v) is 5.93. The Bertz CT molecular complexity index is 1010. The Labute approximate surface area is 233 Å². The summed E-state index contributed by atoms with van der Waals surface area (Å²) in [5, 5.41) is 21.2. The van der Waals surface area contributed by atoms with Gasteiger partial charge in [-0.2, -0.15) is 0 Å². The number of Topliss-reactive ketones (excluding diaryl/α,β-unsaturated/α-hetero) is 1. The Morgan fingerprint density at radius 2 is 1.85 bits per heavy atom. The van der Waals surface area contributed by atoms with E-state index in [1.165, 1.54) is 4.90 Å². The number of ketones is 1. The summed E-state index contributed by atoms with van der Waals surface area (Å²) < 4.78 is 12.0. The second kappa shape index (κ2) is 13.3. The molecule has 6 unspecified atom stereocenters. The van der Waals surface area contributed by atoms with E-state index in [-0.39, 0.29) is 36.2 Å². The maximum Gasteiger partial charge on any atom is 0.329 e. The van der Waals surface area contributed by atoms with E-state index < -0.39 is 41.5 Å². The van der Waals surface area contributed by atoms with Crippen LogP contribution in [0.4, 0.5) is 0 Å². The van der Waals surface area contributed by atoms with Crippen molar-refractivity contribution in [1.82, 2.24) is 4.90 Å². The molecule has 2 saturated heterocycles. The molecule has 0 saturated carbocycles. The van der Waals surface area contributed by atoms with Crippen LogP contribution in [-0.2, 0) is 30.3 Å². The summed E-state index contributed by atoms with van der Waals surface area (Å²) in [7, 11) is 0. The fourth-order valence-electron chi connectivity index (χ4n) is 5.93. The van der Waals surface area contributed by atoms with Gasteiger partial charge in [0.2, 0.25) is 5.79 Å². The zero-order valence-electron chi connectivity index (χ0n) is 24.4. The molecule has 6 atom stereocenters. The highest BCUT2D eigenvalue weighted by Crippen LogP contribution is 2.36. The number of hydrogen-bond donors (Lipinski definition) is 2. The van der Waals surface area contributed by atoms with Crippen LogP contribution in [0.5, 0.6) is 5.75 Å². The smallest absolute Gasteiger partial charge is 0.329 e. The van der Waals surface area contributed by atoms with Crippen LogP contribution in [-0.4, -0.2) is 63.4 Å². The van der Waals surface area contributed by atoms with E-state index in [2.05, 4.69) is 0 Å². The first-order valence-electron chi connectivity index (χ1n) is 14.6. The van der Waals surface area contributed by atoms with Crippen LogP contribution >= 0.6 is 0 Å². The van der Waals surface area contributed by atoms with Gasteiger partial charge in [-0.1, -0.05) is 53.7 Å². The number of phenols is 1. The number of benzene rings is 1. The van der Waals surface area contributed by atoms with Crippen molar-refractivity contribution in [3.63, 3.8) is 0 Å². The number of nitrogens with zero attached hydrogens (tertiary/aromatic N) is 1. The zero-order chi connectivity index (χ0) is 28.9. The highest BCUT2D eigenvalue weighted by Gasteiger charge is 2.53. The van der Waals surface area contributed by atoms with E-state index in [1.807, 2.05) is 40.7 Å². The number of carbonyl (C=O) groups is 3. The largest absolute Gasteiger partial charge is 0.508 e. The number of aliphatic hydroxyl groups is 1. The third kappa shape index (κ3) is 7.20. The highest BCUT2D eigenvalue weighted by atomic mass is 16.6. The van der Waals surface area contributed by atoms with Crippen LogP contribution in [0.1, 0.15) is 85.6 Å². The van der Waals surface area contributed by atoms with Crippen molar-refractivity contribution >= 4 is 17.7 Å². The number of hydrogen-bond acceptors (Lipinski definition) is 7. The molecule has 2 heterocycles. The lowest BCUT2D eigenvalue weighted by Crippen LogP contribution is -2.61. The van der Waals surface area contributed by atoms with Gasteiger partial charge in [0.15, 0.2) is 0 Å². The molecule has 1 aromatic carbocycles. The van der Waals surface area contributed by atoms with Gasteiger partial charge in [0, 0.05) is 12.5 Å². The van der Waals surface area contributed by atoms with Crippen molar-refractivity contribution in [2.24, 2.45) is 23.7 Å². The lowest BCUT2D eigenvalue weighted by molar-refractivity contribution is -0.269. The minimum absolute atomic E-state index is 0.00953. The molecule has 2 aliphatic heterocycles. The average molecular weight is 546 g/mol. The maximum absolute atomic E-state index is 13.6. The average Bonchev–Trinajstić information content (AvgIpc) is 2.90. The Morgan fingerprint density at radius 1 is 1.13 bits per heavy atom. The number of ether oxygens (including phenoxy) is 2. The van der Waals surface area contributed by atoms with Crippen molar-refractivity contribution in [1.29, 1.82) is 0 Å². The molecule has 8 nitrogen and oxygen atoms in total. The first-order valence-corrected chi connectivity index (χ1v) is 14.6. The normalized spacial score (nSPS) is 27.3. The standard InChI is InChI=1S/C31H47NO7/c1-7-23(17-22-11-10-12-24(33)18-22)27(20(4)5)38-30(36)25-13-8-9-16-32(25)29(35)28(34)31(37)21(6)14-15-26(39-31)19(2)3/h10-12,18-21,23,25-27,33,37H,7-9,13-17H2,1-6H3. The third-order valence-corrected chi connectivity index (χ3v) is 8.49. The maximum atomic E-state index is 13.6. The molecule has 0 radical (unpaired) electrons. The molecular formula is C31H47NO7. The van der Waals surface area contributed by atoms with Crippen LogP contribution in [0.25, 0.3) is 0 Å². The number of carbonyl (C=O) groups excluding carboxylic acids is 3. The number of amides is 1. The van der Waals surface area contributed by atoms with Crippen molar-refractivity contribution in [2.75, 3.05) is 6.54 Å². The molecule has 8 heteroatoms. The van der Waals surface area contributed by atoms with Crippen LogP contribution in [0, 0.1) is 23.7 Å². The van der Waals surface area contributed by atoms with E-state index in [0.717, 1.165) is 18.4 Å². The molecule has 0 spiro atoms. The monoisotopic (exact) mass is 545 g/mol. The van der Waals surface area contributed by atoms with Gasteiger partial charge in [-0.15, -0.1) is 0 Å². The van der Waals surface area contributed by atoms with Gasteiger partial charge in [-0.25, -0.2) is 4.79 Å². The third-order valence-electron chi connectivity index (χ3n) is 8.49. The van der Waals surface area contributed by atoms with E-state index in [1.54, 1.807) is 25.1 Å². The van der Waals surface area contributed by atoms with Crippen LogP contribution in [0.15, 0.2) is 24.3 Å². The second-order valence-corrected chi connectivity index (χ2v) is 12.1. The molecule has 0 aromatic heterocycles. The molecule has 0 bridgehead atoms. The first-order chi connectivity index (χ1) is 18.4. The minimum Gasteiger partial charge on any atom is -0.508 e. The van der Waals surface area contributed by atoms with Gasteiger partial charge >= 0.3 is 5.97 Å². The summed E-state index contributed by atoms with van der Waals surface area (Å²) in [6.07, 6.45) is 3.73. The van der Waals surface area contributed by atoms with E-state index >= 15 is 0 Å². The lowest BCUT2D eigenvalue weighted by Gasteiger charge is -2.43. The Hall–Kier alpha value is -2.45. The Balaban J connectivity index is 1.77. The zero-order valence-corrected chi connectivity index (χ0v) is 24.4. The summed E-state index contributed by atoms with van der Waals surface area (Å²) >= 11 is 0. The molecule has 0 aliphatic carbocycles. The lowest BCUT2D eigenvalue weighted by atomic mass is 9.84.